The lowest BCUT2D eigenvalue weighted by molar-refractivity contribution is 0.314. The molecule has 0 atom stereocenters. The Labute approximate surface area is 85.5 Å². The van der Waals surface area contributed by atoms with E-state index in [1.165, 1.54) is 5.56 Å². The Kier molecular flexibility index (Phi) is 3.96. The monoisotopic (exact) mass is 193 g/mol. The van der Waals surface area contributed by atoms with Gasteiger partial charge in [-0.15, -0.1) is 0 Å². The van der Waals surface area contributed by atoms with Crippen LogP contribution in [0.1, 0.15) is 25.0 Å². The van der Waals surface area contributed by atoms with Crippen LogP contribution in [0, 0.1) is 5.92 Å². The predicted molar refractivity (Wildman–Crippen MR) is 57.5 cm³/mol. The molecule has 1 aromatic rings. The molecule has 77 valence electrons. The Balaban J connectivity index is 3.08. The number of rotatable bonds is 4. The summed E-state index contributed by atoms with van der Waals surface area (Å²) in [6.07, 6.45) is 0.969. The van der Waals surface area contributed by atoms with E-state index in [1.54, 1.807) is 7.11 Å². The van der Waals surface area contributed by atoms with Gasteiger partial charge in [-0.3, -0.25) is 0 Å². The minimum absolute atomic E-state index is 0.0974. The maximum absolute atomic E-state index is 9.09. The molecule has 1 N–H and O–H groups in total. The van der Waals surface area contributed by atoms with Gasteiger partial charge < -0.3 is 9.84 Å². The van der Waals surface area contributed by atoms with Gasteiger partial charge in [-0.25, -0.2) is 0 Å². The molecule has 1 radical (unpaired) electrons. The van der Waals surface area contributed by atoms with E-state index in [0.29, 0.717) is 0 Å². The number of aliphatic hydroxyl groups is 1. The van der Waals surface area contributed by atoms with Gasteiger partial charge in [0.25, 0.3) is 0 Å². The second-order valence-corrected chi connectivity index (χ2v) is 3.32. The fourth-order valence-corrected chi connectivity index (χ4v) is 1.47. The first kappa shape index (κ1) is 11.1. The van der Waals surface area contributed by atoms with Crippen molar-refractivity contribution in [3.05, 3.63) is 35.2 Å². The molecular formula is C12H17O2. The molecule has 1 rings (SSSR count). The summed E-state index contributed by atoms with van der Waals surface area (Å²) in [5.74, 6) is 1.82. The molecule has 2 heteroatoms. The Hall–Kier alpha value is -1.02. The van der Waals surface area contributed by atoms with Crippen molar-refractivity contribution in [2.45, 2.75) is 20.3 Å². The molecule has 0 saturated heterocycles. The van der Waals surface area contributed by atoms with Crippen molar-refractivity contribution in [1.82, 2.24) is 0 Å². The Morgan fingerprint density at radius 2 is 2.14 bits per heavy atom. The molecule has 0 fully saturated rings. The highest BCUT2D eigenvalue weighted by Crippen LogP contribution is 2.24. The fourth-order valence-electron chi connectivity index (χ4n) is 1.47. The summed E-state index contributed by atoms with van der Waals surface area (Å²) < 4.78 is 5.15. The first-order valence-electron chi connectivity index (χ1n) is 4.83. The van der Waals surface area contributed by atoms with E-state index in [9.17, 15) is 0 Å². The average molecular weight is 193 g/mol. The number of aryl methyl sites for hydroxylation is 1. The average Bonchev–Trinajstić information content (AvgIpc) is 2.27. The van der Waals surface area contributed by atoms with Crippen LogP contribution >= 0.6 is 0 Å². The summed E-state index contributed by atoms with van der Waals surface area (Å²) in [6, 6.07) is 5.98. The number of ether oxygens (including phenoxy) is 1. The zero-order chi connectivity index (χ0) is 10.6. The predicted octanol–water partition coefficient (Wildman–Crippen LogP) is 2.19. The van der Waals surface area contributed by atoms with Gasteiger partial charge in [-0.2, -0.15) is 0 Å². The summed E-state index contributed by atoms with van der Waals surface area (Å²) in [4.78, 5) is 0. The summed E-state index contributed by atoms with van der Waals surface area (Å²) in [5, 5.41) is 9.09. The molecule has 1 aromatic carbocycles. The second-order valence-electron chi connectivity index (χ2n) is 3.32. The van der Waals surface area contributed by atoms with Crippen molar-refractivity contribution in [2.24, 2.45) is 0 Å². The van der Waals surface area contributed by atoms with Crippen molar-refractivity contribution < 1.29 is 9.84 Å². The van der Waals surface area contributed by atoms with E-state index in [-0.39, 0.29) is 6.61 Å². The molecule has 14 heavy (non-hydrogen) atoms. The van der Waals surface area contributed by atoms with E-state index < -0.39 is 0 Å². The molecule has 0 aliphatic heterocycles. The van der Waals surface area contributed by atoms with Gasteiger partial charge in [0.1, 0.15) is 5.75 Å². The first-order valence-corrected chi connectivity index (χ1v) is 4.83. The molecule has 0 amide bonds. The lowest BCUT2D eigenvalue weighted by Gasteiger charge is -2.14. The van der Waals surface area contributed by atoms with Crippen LogP contribution in [0.2, 0.25) is 0 Å². The highest BCUT2D eigenvalue weighted by molar-refractivity contribution is 5.43. The van der Waals surface area contributed by atoms with Gasteiger partial charge in [-0.05, 0) is 29.7 Å². The van der Waals surface area contributed by atoms with Crippen LogP contribution in [0.4, 0.5) is 0 Å². The van der Waals surface area contributed by atoms with E-state index in [2.05, 4.69) is 6.92 Å². The lowest BCUT2D eigenvalue weighted by Crippen LogP contribution is -2.04. The van der Waals surface area contributed by atoms with E-state index in [4.69, 9.17) is 9.84 Å². The molecular weight excluding hydrogens is 176 g/mol. The molecule has 0 heterocycles. The van der Waals surface area contributed by atoms with Crippen LogP contribution in [-0.2, 0) is 6.42 Å². The van der Waals surface area contributed by atoms with E-state index in [1.807, 2.05) is 25.1 Å². The van der Waals surface area contributed by atoms with Crippen LogP contribution in [0.3, 0.4) is 0 Å². The smallest absolute Gasteiger partial charge is 0.119 e. The van der Waals surface area contributed by atoms with Crippen molar-refractivity contribution >= 4 is 0 Å². The number of hydrogen-bond acceptors (Lipinski definition) is 2. The third-order valence-corrected chi connectivity index (χ3v) is 2.39. The minimum atomic E-state index is 0.0974. The van der Waals surface area contributed by atoms with Gasteiger partial charge in [0, 0.05) is 5.92 Å². The Morgan fingerprint density at radius 1 is 1.43 bits per heavy atom. The quantitative estimate of drug-likeness (QED) is 0.794. The topological polar surface area (TPSA) is 29.5 Å². The standard InChI is InChI=1S/C12H17O2/c1-4-10-5-6-11(14-3)7-12(10)9(2)8-13/h5-7,13H,4,8H2,1-3H3. The Bertz CT molecular complexity index is 294. The van der Waals surface area contributed by atoms with Gasteiger partial charge in [0.05, 0.1) is 13.7 Å². The zero-order valence-electron chi connectivity index (χ0n) is 9.00. The molecule has 0 aliphatic carbocycles. The van der Waals surface area contributed by atoms with Gasteiger partial charge >= 0.3 is 0 Å². The second kappa shape index (κ2) is 5.01. The molecule has 0 aliphatic rings. The molecule has 0 aromatic heterocycles. The highest BCUT2D eigenvalue weighted by Gasteiger charge is 2.10. The summed E-state index contributed by atoms with van der Waals surface area (Å²) >= 11 is 0. The minimum Gasteiger partial charge on any atom is -0.497 e. The summed E-state index contributed by atoms with van der Waals surface area (Å²) in [5.41, 5.74) is 2.35. The highest BCUT2D eigenvalue weighted by atomic mass is 16.5. The van der Waals surface area contributed by atoms with Crippen molar-refractivity contribution in [3.63, 3.8) is 0 Å². The zero-order valence-corrected chi connectivity index (χ0v) is 9.00. The van der Waals surface area contributed by atoms with Crippen LogP contribution in [0.15, 0.2) is 18.2 Å². The SMILES string of the molecule is CCc1ccc(OC)cc1[C](C)CO. The normalized spacial score (nSPS) is 10.6. The van der Waals surface area contributed by atoms with Crippen molar-refractivity contribution in [1.29, 1.82) is 0 Å². The maximum atomic E-state index is 9.09. The number of methoxy groups -OCH3 is 1. The third kappa shape index (κ3) is 2.26. The van der Waals surface area contributed by atoms with Gasteiger partial charge in [0.2, 0.25) is 0 Å². The summed E-state index contributed by atoms with van der Waals surface area (Å²) in [7, 11) is 1.65. The van der Waals surface area contributed by atoms with Gasteiger partial charge in [0.15, 0.2) is 0 Å². The molecule has 0 saturated carbocycles. The number of benzene rings is 1. The lowest BCUT2D eigenvalue weighted by atomic mass is 9.95. The molecule has 2 nitrogen and oxygen atoms in total. The fraction of sp³-hybridized carbons (Fsp3) is 0.417. The van der Waals surface area contributed by atoms with Crippen molar-refractivity contribution in [3.8, 4) is 5.75 Å². The van der Waals surface area contributed by atoms with Crippen LogP contribution in [0.25, 0.3) is 0 Å². The maximum Gasteiger partial charge on any atom is 0.119 e. The number of aliphatic hydroxyl groups excluding tert-OH is 1. The Morgan fingerprint density at radius 3 is 2.64 bits per heavy atom. The molecule has 0 unspecified atom stereocenters. The number of hydrogen-bond donors (Lipinski definition) is 1. The largest absolute Gasteiger partial charge is 0.497 e. The molecule has 0 bridgehead atoms. The van der Waals surface area contributed by atoms with Crippen LogP contribution < -0.4 is 4.74 Å². The van der Waals surface area contributed by atoms with Crippen LogP contribution in [0.5, 0.6) is 5.75 Å². The molecule has 0 spiro atoms. The summed E-state index contributed by atoms with van der Waals surface area (Å²) in [6.45, 7) is 4.14. The van der Waals surface area contributed by atoms with Crippen LogP contribution in [-0.4, -0.2) is 18.8 Å². The first-order chi connectivity index (χ1) is 6.72. The van der Waals surface area contributed by atoms with Crippen molar-refractivity contribution in [2.75, 3.05) is 13.7 Å². The third-order valence-electron chi connectivity index (χ3n) is 2.39. The van der Waals surface area contributed by atoms with E-state index in [0.717, 1.165) is 23.7 Å². The van der Waals surface area contributed by atoms with Gasteiger partial charge in [-0.1, -0.05) is 19.9 Å². The van der Waals surface area contributed by atoms with E-state index >= 15 is 0 Å².